The van der Waals surface area contributed by atoms with Crippen LogP contribution in [-0.4, -0.2) is 24.7 Å². The fourth-order valence-electron chi connectivity index (χ4n) is 2.55. The molecule has 0 fully saturated rings. The summed E-state index contributed by atoms with van der Waals surface area (Å²) < 4.78 is 6.01. The molecule has 0 bridgehead atoms. The van der Waals surface area contributed by atoms with Crippen LogP contribution in [0.4, 0.5) is 0 Å². The lowest BCUT2D eigenvalue weighted by Crippen LogP contribution is -2.23. The van der Waals surface area contributed by atoms with Crippen LogP contribution in [0.15, 0.2) is 55.1 Å². The Bertz CT molecular complexity index is 658. The van der Waals surface area contributed by atoms with E-state index >= 15 is 0 Å². The Balaban J connectivity index is 2.11. The van der Waals surface area contributed by atoms with Gasteiger partial charge >= 0.3 is 0 Å². The Hall–Kier alpha value is -1.43. The topological polar surface area (TPSA) is 9.23 Å². The van der Waals surface area contributed by atoms with Crippen molar-refractivity contribution in [1.29, 1.82) is 0 Å². The maximum absolute atomic E-state index is 6.01. The highest BCUT2D eigenvalue weighted by atomic mass is 28.3. The molecule has 3 radical (unpaired) electrons. The molecular formula is C21H27OSi2. The Labute approximate surface area is 151 Å². The standard InChI is InChI=1S/C21H27OSi2/c1-6-19(7-2)22-23-20-10-8-9-18(15-20)16(3)17-11-13-21(14-12-17)24(4)5/h8-15,19H,3,6-7H2,1-2,4-5H3. The summed E-state index contributed by atoms with van der Waals surface area (Å²) in [6.45, 7) is 13.3. The molecule has 24 heavy (non-hydrogen) atoms. The van der Waals surface area contributed by atoms with Crippen LogP contribution in [0, 0.1) is 0 Å². The highest BCUT2D eigenvalue weighted by Crippen LogP contribution is 2.20. The molecule has 3 heteroatoms. The van der Waals surface area contributed by atoms with E-state index in [1.165, 1.54) is 21.5 Å². The van der Waals surface area contributed by atoms with E-state index < -0.39 is 8.80 Å². The van der Waals surface area contributed by atoms with Gasteiger partial charge in [-0.2, -0.15) is 0 Å². The van der Waals surface area contributed by atoms with Gasteiger partial charge in [-0.25, -0.2) is 0 Å². The van der Waals surface area contributed by atoms with Gasteiger partial charge in [0.25, 0.3) is 9.76 Å². The second kappa shape index (κ2) is 9.16. The van der Waals surface area contributed by atoms with Crippen molar-refractivity contribution in [3.05, 3.63) is 66.2 Å². The van der Waals surface area contributed by atoms with Gasteiger partial charge in [0.05, 0.1) is 8.80 Å². The number of rotatable bonds is 8. The van der Waals surface area contributed by atoms with Crippen LogP contribution in [0.2, 0.25) is 13.1 Å². The lowest BCUT2D eigenvalue weighted by molar-refractivity contribution is 0.206. The van der Waals surface area contributed by atoms with Crippen LogP contribution in [0.1, 0.15) is 37.8 Å². The molecule has 2 rings (SSSR count). The molecule has 0 saturated heterocycles. The molecule has 0 N–H and O–H groups in total. The Morgan fingerprint density at radius 3 is 2.29 bits per heavy atom. The molecule has 0 heterocycles. The third kappa shape index (κ3) is 5.03. The molecule has 0 aliphatic carbocycles. The first kappa shape index (κ1) is 18.9. The van der Waals surface area contributed by atoms with Crippen LogP contribution in [-0.2, 0) is 4.43 Å². The van der Waals surface area contributed by atoms with E-state index in [9.17, 15) is 0 Å². The average molecular weight is 352 g/mol. The predicted molar refractivity (Wildman–Crippen MR) is 109 cm³/mol. The Kier molecular flexibility index (Phi) is 7.22. The van der Waals surface area contributed by atoms with Crippen LogP contribution in [0.3, 0.4) is 0 Å². The first-order valence-electron chi connectivity index (χ1n) is 8.67. The zero-order valence-electron chi connectivity index (χ0n) is 15.2. The average Bonchev–Trinajstić information content (AvgIpc) is 2.62. The zero-order valence-corrected chi connectivity index (χ0v) is 17.2. The maximum Gasteiger partial charge on any atom is 0.269 e. The molecule has 2 aromatic rings. The highest BCUT2D eigenvalue weighted by Gasteiger charge is 2.08. The smallest absolute Gasteiger partial charge is 0.269 e. The summed E-state index contributed by atoms with van der Waals surface area (Å²) in [5, 5.41) is 2.70. The van der Waals surface area contributed by atoms with E-state index in [4.69, 9.17) is 4.43 Å². The van der Waals surface area contributed by atoms with Crippen molar-refractivity contribution in [2.45, 2.75) is 45.9 Å². The molecule has 0 atom stereocenters. The second-order valence-corrected chi connectivity index (χ2v) is 9.89. The van der Waals surface area contributed by atoms with Gasteiger partial charge in [-0.1, -0.05) is 87.2 Å². The van der Waals surface area contributed by atoms with Gasteiger partial charge in [0.15, 0.2) is 0 Å². The van der Waals surface area contributed by atoms with Crippen molar-refractivity contribution in [3.8, 4) is 0 Å². The van der Waals surface area contributed by atoms with Crippen LogP contribution < -0.4 is 10.4 Å². The molecule has 0 amide bonds. The fraction of sp³-hybridized carbons (Fsp3) is 0.333. The van der Waals surface area contributed by atoms with E-state index in [1.54, 1.807) is 0 Å². The second-order valence-electron chi connectivity index (χ2n) is 6.30. The summed E-state index contributed by atoms with van der Waals surface area (Å²) in [4.78, 5) is 0. The van der Waals surface area contributed by atoms with Crippen LogP contribution >= 0.6 is 0 Å². The molecule has 0 aliphatic rings. The van der Waals surface area contributed by atoms with Gasteiger partial charge in [0.2, 0.25) is 0 Å². The molecule has 0 spiro atoms. The number of hydrogen-bond donors (Lipinski definition) is 0. The molecule has 2 aromatic carbocycles. The SMILES string of the molecule is C=C(c1ccc([Si](C)C)cc1)c1cccc([Si]OC(CC)CC)c1. The maximum atomic E-state index is 6.01. The van der Waals surface area contributed by atoms with E-state index in [1.807, 2.05) is 0 Å². The zero-order chi connectivity index (χ0) is 17.5. The van der Waals surface area contributed by atoms with Crippen molar-refractivity contribution in [2.24, 2.45) is 0 Å². The van der Waals surface area contributed by atoms with Gasteiger partial charge in [0.1, 0.15) is 0 Å². The molecule has 0 aliphatic heterocycles. The predicted octanol–water partition coefficient (Wildman–Crippen LogP) is 4.16. The normalized spacial score (nSPS) is 11.2. The minimum absolute atomic E-state index is 0.363. The van der Waals surface area contributed by atoms with E-state index in [0.29, 0.717) is 15.9 Å². The van der Waals surface area contributed by atoms with Crippen LogP contribution in [0.5, 0.6) is 0 Å². The molecule has 1 nitrogen and oxygen atoms in total. The van der Waals surface area contributed by atoms with E-state index in [2.05, 4.69) is 82.1 Å². The first-order chi connectivity index (χ1) is 11.5. The van der Waals surface area contributed by atoms with Gasteiger partial charge in [-0.05, 0) is 34.7 Å². The minimum atomic E-state index is -0.390. The minimum Gasteiger partial charge on any atom is -0.409 e. The van der Waals surface area contributed by atoms with Crippen molar-refractivity contribution in [2.75, 3.05) is 0 Å². The quantitative estimate of drug-likeness (QED) is 0.649. The van der Waals surface area contributed by atoms with Gasteiger partial charge < -0.3 is 4.43 Å². The van der Waals surface area contributed by atoms with Crippen molar-refractivity contribution in [1.82, 2.24) is 0 Å². The Morgan fingerprint density at radius 1 is 1.04 bits per heavy atom. The molecule has 0 aromatic heterocycles. The summed E-state index contributed by atoms with van der Waals surface area (Å²) in [5.41, 5.74) is 3.46. The molecule has 0 saturated carbocycles. The summed E-state index contributed by atoms with van der Waals surface area (Å²) >= 11 is 0. The summed E-state index contributed by atoms with van der Waals surface area (Å²) in [6, 6.07) is 17.5. The molecule has 125 valence electrons. The Morgan fingerprint density at radius 2 is 1.71 bits per heavy atom. The van der Waals surface area contributed by atoms with E-state index in [-0.39, 0.29) is 0 Å². The lowest BCUT2D eigenvalue weighted by Gasteiger charge is -2.14. The van der Waals surface area contributed by atoms with Gasteiger partial charge in [0, 0.05) is 6.10 Å². The summed E-state index contributed by atoms with van der Waals surface area (Å²) in [7, 11) is 0.0127. The van der Waals surface area contributed by atoms with Crippen LogP contribution in [0.25, 0.3) is 5.57 Å². The third-order valence-corrected chi connectivity index (χ3v) is 6.76. The van der Waals surface area contributed by atoms with Gasteiger partial charge in [-0.15, -0.1) is 0 Å². The van der Waals surface area contributed by atoms with Crippen molar-refractivity contribution < 1.29 is 4.43 Å². The summed E-state index contributed by atoms with van der Waals surface area (Å²) in [5.74, 6) is 0. The fourth-order valence-corrected chi connectivity index (χ4v) is 4.40. The monoisotopic (exact) mass is 351 g/mol. The largest absolute Gasteiger partial charge is 0.409 e. The number of benzene rings is 2. The van der Waals surface area contributed by atoms with Crippen molar-refractivity contribution >= 4 is 34.5 Å². The molecule has 0 unspecified atom stereocenters. The third-order valence-electron chi connectivity index (χ3n) is 4.28. The number of hydrogen-bond acceptors (Lipinski definition) is 1. The van der Waals surface area contributed by atoms with E-state index in [0.717, 1.165) is 18.4 Å². The van der Waals surface area contributed by atoms with Gasteiger partial charge in [-0.3, -0.25) is 0 Å². The lowest BCUT2D eigenvalue weighted by atomic mass is 10.00. The van der Waals surface area contributed by atoms with Crippen molar-refractivity contribution in [3.63, 3.8) is 0 Å². The summed E-state index contributed by atoms with van der Waals surface area (Å²) in [6.07, 6.45) is 2.50. The first-order valence-corrected chi connectivity index (χ1v) is 12.1. The molecular weight excluding hydrogens is 324 g/mol. The highest BCUT2D eigenvalue weighted by molar-refractivity contribution is 6.70.